The molecule has 1 aromatic rings. The number of benzene rings is 1. The van der Waals surface area contributed by atoms with Crippen LogP contribution in [-0.4, -0.2) is 12.5 Å². The molecular formula is C11H15N3O. The fourth-order valence-electron chi connectivity index (χ4n) is 1.63. The first-order chi connectivity index (χ1) is 7.16. The summed E-state index contributed by atoms with van der Waals surface area (Å²) in [6.07, 6.45) is 0.565. The smallest absolute Gasteiger partial charge is 0.240 e. The maximum atomic E-state index is 11.0. The van der Waals surface area contributed by atoms with Gasteiger partial charge in [-0.25, -0.2) is 0 Å². The molecule has 0 saturated carbocycles. The van der Waals surface area contributed by atoms with Gasteiger partial charge in [0.1, 0.15) is 0 Å². The van der Waals surface area contributed by atoms with Gasteiger partial charge in [0, 0.05) is 19.0 Å². The van der Waals surface area contributed by atoms with Crippen LogP contribution in [0.4, 0.5) is 5.69 Å². The van der Waals surface area contributed by atoms with Gasteiger partial charge in [0.25, 0.3) is 0 Å². The highest BCUT2D eigenvalue weighted by atomic mass is 16.2. The molecule has 0 bridgehead atoms. The van der Waals surface area contributed by atoms with Gasteiger partial charge >= 0.3 is 0 Å². The van der Waals surface area contributed by atoms with E-state index in [1.165, 1.54) is 0 Å². The molecule has 0 aromatic heterocycles. The minimum Gasteiger partial charge on any atom is -0.324 e. The number of hydrogen-bond acceptors (Lipinski definition) is 3. The Morgan fingerprint density at radius 2 is 2.07 bits per heavy atom. The third-order valence-corrected chi connectivity index (χ3v) is 2.55. The van der Waals surface area contributed by atoms with Gasteiger partial charge in [0.2, 0.25) is 5.91 Å². The molecule has 1 atom stereocenters. The Balaban J connectivity index is 2.13. The van der Waals surface area contributed by atoms with E-state index in [4.69, 9.17) is 5.73 Å². The van der Waals surface area contributed by atoms with Gasteiger partial charge in [-0.15, -0.1) is 0 Å². The van der Waals surface area contributed by atoms with E-state index >= 15 is 0 Å². The predicted octanol–water partition coefficient (Wildman–Crippen LogP) is 0.948. The summed E-state index contributed by atoms with van der Waals surface area (Å²) in [6, 6.07) is 7.98. The molecule has 1 fully saturated rings. The highest BCUT2D eigenvalue weighted by Gasteiger charge is 2.18. The standard InChI is InChI=1S/C11H15N3O/c1-8(12)9-2-4-10(5-3-9)14-7-6-11(15)13-14/h2-5,8H,6-7,12H2,1H3,(H,13,15). The Morgan fingerprint density at radius 1 is 1.40 bits per heavy atom. The van der Waals surface area contributed by atoms with Crippen molar-refractivity contribution in [2.75, 3.05) is 11.6 Å². The third kappa shape index (κ3) is 2.10. The van der Waals surface area contributed by atoms with Crippen LogP contribution in [0.25, 0.3) is 0 Å². The number of nitrogens with zero attached hydrogens (tertiary/aromatic N) is 1. The van der Waals surface area contributed by atoms with Crippen molar-refractivity contribution in [3.05, 3.63) is 29.8 Å². The Bertz CT molecular complexity index is 359. The van der Waals surface area contributed by atoms with Gasteiger partial charge in [-0.05, 0) is 24.6 Å². The summed E-state index contributed by atoms with van der Waals surface area (Å²) in [4.78, 5) is 11.0. The predicted molar refractivity (Wildman–Crippen MR) is 59.2 cm³/mol. The van der Waals surface area contributed by atoms with Crippen molar-refractivity contribution < 1.29 is 4.79 Å². The molecule has 1 unspecified atom stereocenters. The second kappa shape index (κ2) is 3.90. The zero-order chi connectivity index (χ0) is 10.8. The van der Waals surface area contributed by atoms with Gasteiger partial charge in [0.15, 0.2) is 0 Å². The largest absolute Gasteiger partial charge is 0.324 e. The van der Waals surface area contributed by atoms with Gasteiger partial charge in [-0.2, -0.15) is 0 Å². The fraction of sp³-hybridized carbons (Fsp3) is 0.364. The lowest BCUT2D eigenvalue weighted by molar-refractivity contribution is -0.119. The summed E-state index contributed by atoms with van der Waals surface area (Å²) in [5, 5.41) is 1.85. The molecule has 15 heavy (non-hydrogen) atoms. The van der Waals surface area contributed by atoms with Gasteiger partial charge in [-0.3, -0.25) is 15.2 Å². The van der Waals surface area contributed by atoms with E-state index in [1.807, 2.05) is 36.2 Å². The zero-order valence-electron chi connectivity index (χ0n) is 8.73. The van der Waals surface area contributed by atoms with Crippen LogP contribution in [0.2, 0.25) is 0 Å². The van der Waals surface area contributed by atoms with E-state index in [9.17, 15) is 4.79 Å². The summed E-state index contributed by atoms with van der Waals surface area (Å²) in [7, 11) is 0. The zero-order valence-corrected chi connectivity index (χ0v) is 8.73. The lowest BCUT2D eigenvalue weighted by atomic mass is 10.1. The number of anilines is 1. The summed E-state index contributed by atoms with van der Waals surface area (Å²) < 4.78 is 0. The van der Waals surface area contributed by atoms with Crippen molar-refractivity contribution in [1.29, 1.82) is 0 Å². The van der Waals surface area contributed by atoms with Crippen molar-refractivity contribution >= 4 is 11.6 Å². The topological polar surface area (TPSA) is 58.4 Å². The monoisotopic (exact) mass is 205 g/mol. The van der Waals surface area contributed by atoms with Crippen LogP contribution in [0.1, 0.15) is 24.9 Å². The Labute approximate surface area is 89.0 Å². The summed E-state index contributed by atoms with van der Waals surface area (Å²) in [5.41, 5.74) is 10.6. The van der Waals surface area contributed by atoms with Crippen LogP contribution in [-0.2, 0) is 4.79 Å². The lowest BCUT2D eigenvalue weighted by Crippen LogP contribution is -2.32. The molecule has 1 amide bonds. The van der Waals surface area contributed by atoms with E-state index < -0.39 is 0 Å². The molecule has 4 nitrogen and oxygen atoms in total. The minimum atomic E-state index is 0.0484. The molecule has 0 aliphatic carbocycles. The van der Waals surface area contributed by atoms with Gasteiger partial charge < -0.3 is 5.73 Å². The molecule has 80 valence electrons. The van der Waals surface area contributed by atoms with Crippen LogP contribution in [0, 0.1) is 0 Å². The van der Waals surface area contributed by atoms with Crippen LogP contribution >= 0.6 is 0 Å². The molecule has 0 radical (unpaired) electrons. The quantitative estimate of drug-likeness (QED) is 0.755. The molecule has 0 spiro atoms. The van der Waals surface area contributed by atoms with Crippen LogP contribution < -0.4 is 16.2 Å². The molecular weight excluding hydrogens is 190 g/mol. The van der Waals surface area contributed by atoms with Crippen molar-refractivity contribution in [3.8, 4) is 0 Å². The number of amides is 1. The molecule has 1 heterocycles. The van der Waals surface area contributed by atoms with Crippen molar-refractivity contribution in [2.45, 2.75) is 19.4 Å². The Morgan fingerprint density at radius 3 is 2.53 bits per heavy atom. The first-order valence-electron chi connectivity index (χ1n) is 5.09. The Hall–Kier alpha value is -1.55. The number of nitrogens with two attached hydrogens (primary N) is 1. The normalized spacial score (nSPS) is 17.7. The van der Waals surface area contributed by atoms with E-state index in [2.05, 4.69) is 5.43 Å². The lowest BCUT2D eigenvalue weighted by Gasteiger charge is -2.17. The van der Waals surface area contributed by atoms with Gasteiger partial charge in [-0.1, -0.05) is 12.1 Å². The summed E-state index contributed by atoms with van der Waals surface area (Å²) in [5.74, 6) is 0.0752. The number of carbonyl (C=O) groups excluding carboxylic acids is 1. The summed E-state index contributed by atoms with van der Waals surface area (Å²) >= 11 is 0. The highest BCUT2D eigenvalue weighted by Crippen LogP contribution is 2.18. The number of nitrogens with one attached hydrogen (secondary N) is 1. The van der Waals surface area contributed by atoms with E-state index in [0.717, 1.165) is 17.8 Å². The number of hydrazine groups is 1. The van der Waals surface area contributed by atoms with E-state index in [1.54, 1.807) is 0 Å². The molecule has 1 aliphatic rings. The first-order valence-corrected chi connectivity index (χ1v) is 5.09. The SMILES string of the molecule is CC(N)c1ccc(N2CCC(=O)N2)cc1. The minimum absolute atomic E-state index is 0.0484. The number of carbonyl (C=O) groups is 1. The average molecular weight is 205 g/mol. The van der Waals surface area contributed by atoms with Gasteiger partial charge in [0.05, 0.1) is 5.69 Å². The molecule has 2 rings (SSSR count). The molecule has 4 heteroatoms. The second-order valence-corrected chi connectivity index (χ2v) is 3.82. The van der Waals surface area contributed by atoms with Crippen LogP contribution in [0.5, 0.6) is 0 Å². The van der Waals surface area contributed by atoms with Crippen molar-refractivity contribution in [2.24, 2.45) is 5.73 Å². The van der Waals surface area contributed by atoms with E-state index in [0.29, 0.717) is 6.42 Å². The van der Waals surface area contributed by atoms with Crippen LogP contribution in [0.15, 0.2) is 24.3 Å². The first kappa shape index (κ1) is 9.98. The third-order valence-electron chi connectivity index (χ3n) is 2.55. The fourth-order valence-corrected chi connectivity index (χ4v) is 1.63. The number of hydrogen-bond donors (Lipinski definition) is 2. The molecule has 1 aliphatic heterocycles. The molecule has 1 aromatic carbocycles. The second-order valence-electron chi connectivity index (χ2n) is 3.82. The van der Waals surface area contributed by atoms with Crippen molar-refractivity contribution in [3.63, 3.8) is 0 Å². The summed E-state index contributed by atoms with van der Waals surface area (Å²) in [6.45, 7) is 2.68. The Kier molecular flexibility index (Phi) is 2.60. The highest BCUT2D eigenvalue weighted by molar-refractivity contribution is 5.81. The maximum Gasteiger partial charge on any atom is 0.240 e. The van der Waals surface area contributed by atoms with Crippen LogP contribution in [0.3, 0.4) is 0 Å². The average Bonchev–Trinajstić information content (AvgIpc) is 2.65. The van der Waals surface area contributed by atoms with Crippen molar-refractivity contribution in [1.82, 2.24) is 5.43 Å². The maximum absolute atomic E-state index is 11.0. The molecule has 1 saturated heterocycles. The number of rotatable bonds is 2. The van der Waals surface area contributed by atoms with E-state index in [-0.39, 0.29) is 11.9 Å². The molecule has 3 N–H and O–H groups in total.